The molecule has 0 aromatic carbocycles. The van der Waals surface area contributed by atoms with Crippen LogP contribution in [0.15, 0.2) is 56.0 Å². The number of aliphatic carboxylic acids is 1. The number of aromatic nitrogens is 4. The van der Waals surface area contributed by atoms with Gasteiger partial charge in [-0.1, -0.05) is 16.9 Å². The monoisotopic (exact) mass is 574 g/mol. The highest BCUT2D eigenvalue weighted by Crippen LogP contribution is 2.41. The van der Waals surface area contributed by atoms with Gasteiger partial charge in [-0.2, -0.15) is 0 Å². The van der Waals surface area contributed by atoms with Crippen LogP contribution in [0.3, 0.4) is 0 Å². The Morgan fingerprint density at radius 1 is 1.37 bits per heavy atom. The summed E-state index contributed by atoms with van der Waals surface area (Å²) in [4.78, 5) is 51.9. The molecule has 3 aromatic rings. The van der Waals surface area contributed by atoms with Crippen molar-refractivity contribution in [3.05, 3.63) is 46.9 Å². The smallest absolute Gasteiger partial charge is 0.352 e. The quantitative estimate of drug-likeness (QED) is 0.142. The highest BCUT2D eigenvalue weighted by Gasteiger charge is 2.54. The number of thioether (sulfide) groups is 2. The molecule has 196 valence electrons. The number of β-lactam (4-membered cyclic amide) rings is 1. The van der Waals surface area contributed by atoms with Gasteiger partial charge in [-0.15, -0.1) is 33.3 Å². The molecule has 0 radical (unpaired) electrons. The van der Waals surface area contributed by atoms with Gasteiger partial charge in [0.15, 0.2) is 10.8 Å². The summed E-state index contributed by atoms with van der Waals surface area (Å²) in [6.07, 6.45) is 3.21. The average Bonchev–Trinajstić information content (AvgIpc) is 3.58. The van der Waals surface area contributed by atoms with Gasteiger partial charge in [0, 0.05) is 34.8 Å². The minimum absolute atomic E-state index is 0.122. The number of hydrogen-bond donors (Lipinski definition) is 3. The van der Waals surface area contributed by atoms with E-state index < -0.39 is 29.2 Å². The number of anilines is 1. The summed E-state index contributed by atoms with van der Waals surface area (Å²) < 4.78 is 5.66. The highest BCUT2D eigenvalue weighted by atomic mass is 32.2. The van der Waals surface area contributed by atoms with Crippen LogP contribution in [0.4, 0.5) is 5.13 Å². The first kappa shape index (κ1) is 25.7. The van der Waals surface area contributed by atoms with Crippen molar-refractivity contribution in [2.24, 2.45) is 5.16 Å². The molecule has 3 aromatic heterocycles. The molecule has 0 unspecified atom stereocenters. The maximum atomic E-state index is 13.0. The van der Waals surface area contributed by atoms with Gasteiger partial charge in [-0.3, -0.25) is 19.5 Å². The van der Waals surface area contributed by atoms with Gasteiger partial charge in [-0.25, -0.2) is 9.78 Å². The largest absolute Gasteiger partial charge is 0.477 e. The van der Waals surface area contributed by atoms with E-state index in [0.717, 1.165) is 11.3 Å². The standard InChI is InChI=1S/C21H18N8O6S3/c1-34-28-12(11-8-37-20(22)24-11)15(30)25-13-17(31)29-14(19(32)33)10(6-36-18(13)29)7-38-21-27-26-16(35-21)9-2-4-23-5-3-9/h2-5,8,13,18H,6-7H2,1H3,(H2,22,24)(H,25,30)(H,32,33)/t13-,18+/m1/s1. The summed E-state index contributed by atoms with van der Waals surface area (Å²) >= 11 is 3.62. The van der Waals surface area contributed by atoms with Crippen LogP contribution < -0.4 is 11.1 Å². The molecular weight excluding hydrogens is 556 g/mol. The van der Waals surface area contributed by atoms with Crippen molar-refractivity contribution in [2.75, 3.05) is 24.3 Å². The number of nitrogens with one attached hydrogen (secondary N) is 1. The van der Waals surface area contributed by atoms with Gasteiger partial charge in [0.1, 0.15) is 29.9 Å². The van der Waals surface area contributed by atoms with E-state index in [4.69, 9.17) is 15.0 Å². The fourth-order valence-corrected chi connectivity index (χ4v) is 6.52. The van der Waals surface area contributed by atoms with Gasteiger partial charge in [0.05, 0.1) is 0 Å². The normalized spacial score (nSPS) is 19.1. The van der Waals surface area contributed by atoms with E-state index in [2.05, 4.69) is 30.6 Å². The Bertz CT molecular complexity index is 1460. The maximum Gasteiger partial charge on any atom is 0.352 e. The van der Waals surface area contributed by atoms with Crippen molar-refractivity contribution < 1.29 is 28.7 Å². The number of carboxylic acids is 1. The number of amides is 2. The second-order valence-electron chi connectivity index (χ2n) is 7.71. The number of nitrogens with two attached hydrogens (primary N) is 1. The van der Waals surface area contributed by atoms with E-state index in [1.165, 1.54) is 40.9 Å². The first-order chi connectivity index (χ1) is 18.4. The van der Waals surface area contributed by atoms with Gasteiger partial charge < -0.3 is 25.4 Å². The number of hydrogen-bond acceptors (Lipinski definition) is 14. The second-order valence-corrected chi connectivity index (χ2v) is 10.6. The van der Waals surface area contributed by atoms with Gasteiger partial charge in [0.25, 0.3) is 17.0 Å². The van der Waals surface area contributed by atoms with E-state index >= 15 is 0 Å². The molecule has 2 atom stereocenters. The lowest BCUT2D eigenvalue weighted by Crippen LogP contribution is -2.71. The molecular formula is C21H18N8O6S3. The van der Waals surface area contributed by atoms with Crippen molar-refractivity contribution in [3.63, 3.8) is 0 Å². The molecule has 1 fully saturated rings. The molecule has 17 heteroatoms. The predicted octanol–water partition coefficient (Wildman–Crippen LogP) is 1.05. The molecule has 38 heavy (non-hydrogen) atoms. The maximum absolute atomic E-state index is 13.0. The van der Waals surface area contributed by atoms with E-state index in [1.807, 2.05) is 0 Å². The molecule has 2 aliphatic rings. The number of nitrogen functional groups attached to an aromatic ring is 1. The van der Waals surface area contributed by atoms with Crippen LogP contribution in [-0.2, 0) is 19.2 Å². The number of rotatable bonds is 9. The van der Waals surface area contributed by atoms with Gasteiger partial charge in [-0.05, 0) is 17.7 Å². The summed E-state index contributed by atoms with van der Waals surface area (Å²) in [5.41, 5.74) is 6.80. The molecule has 2 amide bonds. The number of thiazole rings is 1. The number of carbonyl (C=O) groups excluding carboxylic acids is 2. The minimum Gasteiger partial charge on any atom is -0.477 e. The van der Waals surface area contributed by atoms with E-state index in [0.29, 0.717) is 22.8 Å². The van der Waals surface area contributed by atoms with Gasteiger partial charge in [0.2, 0.25) is 5.89 Å². The SMILES string of the molecule is CON=C(C(=O)N[C@@H]1C(=O)N2C(C(=O)O)=C(CSc3nnc(-c4ccncc4)o3)CS[C@@H]12)c1csc(N)n1. The molecule has 0 spiro atoms. The Morgan fingerprint density at radius 2 is 2.16 bits per heavy atom. The Balaban J connectivity index is 1.28. The number of nitrogens with zero attached hydrogens (tertiary/aromatic N) is 6. The summed E-state index contributed by atoms with van der Waals surface area (Å²) in [6, 6.07) is 2.51. The zero-order valence-electron chi connectivity index (χ0n) is 19.4. The van der Waals surface area contributed by atoms with E-state index in [-0.39, 0.29) is 33.2 Å². The molecule has 5 heterocycles. The topological polar surface area (TPSA) is 199 Å². The van der Waals surface area contributed by atoms with Crippen LogP contribution in [0.1, 0.15) is 5.69 Å². The predicted molar refractivity (Wildman–Crippen MR) is 138 cm³/mol. The van der Waals surface area contributed by atoms with Crippen LogP contribution in [0.5, 0.6) is 0 Å². The molecule has 1 saturated heterocycles. The van der Waals surface area contributed by atoms with Crippen LogP contribution in [0.25, 0.3) is 11.5 Å². The van der Waals surface area contributed by atoms with Crippen molar-refractivity contribution in [2.45, 2.75) is 16.6 Å². The third kappa shape index (κ3) is 4.94. The second kappa shape index (κ2) is 10.8. The van der Waals surface area contributed by atoms with Crippen LogP contribution in [0, 0.1) is 0 Å². The molecule has 14 nitrogen and oxygen atoms in total. The Morgan fingerprint density at radius 3 is 2.84 bits per heavy atom. The average molecular weight is 575 g/mol. The Kier molecular flexibility index (Phi) is 7.30. The fraction of sp³-hybridized carbons (Fsp3) is 0.238. The Hall–Kier alpha value is -3.96. The lowest BCUT2D eigenvalue weighted by atomic mass is 10.0. The lowest BCUT2D eigenvalue weighted by Gasteiger charge is -2.49. The third-order valence-corrected chi connectivity index (χ3v) is 8.32. The third-order valence-electron chi connectivity index (χ3n) is 5.40. The van der Waals surface area contributed by atoms with E-state index in [9.17, 15) is 19.5 Å². The minimum atomic E-state index is -1.24. The van der Waals surface area contributed by atoms with Crippen molar-refractivity contribution in [1.29, 1.82) is 0 Å². The van der Waals surface area contributed by atoms with Crippen molar-refractivity contribution in [1.82, 2.24) is 30.4 Å². The number of carboxylic acid groups (broad SMARTS) is 1. The van der Waals surface area contributed by atoms with Crippen LogP contribution >= 0.6 is 34.9 Å². The molecule has 2 aliphatic heterocycles. The zero-order valence-corrected chi connectivity index (χ0v) is 21.9. The summed E-state index contributed by atoms with van der Waals surface area (Å²) in [5, 5.41) is 25.7. The summed E-state index contributed by atoms with van der Waals surface area (Å²) in [7, 11) is 1.27. The first-order valence-electron chi connectivity index (χ1n) is 10.8. The fourth-order valence-electron chi connectivity index (χ4n) is 3.72. The highest BCUT2D eigenvalue weighted by molar-refractivity contribution is 8.01. The summed E-state index contributed by atoms with van der Waals surface area (Å²) in [6.45, 7) is 0. The van der Waals surface area contributed by atoms with Gasteiger partial charge >= 0.3 is 5.97 Å². The number of carbonyl (C=O) groups is 3. The molecule has 5 rings (SSSR count). The zero-order chi connectivity index (χ0) is 26.8. The molecule has 0 aliphatic carbocycles. The Labute approximate surface area is 226 Å². The van der Waals surface area contributed by atoms with Crippen molar-refractivity contribution in [3.8, 4) is 11.5 Å². The van der Waals surface area contributed by atoms with Crippen LogP contribution in [-0.4, -0.2) is 83.7 Å². The number of oxime groups is 1. The number of fused-ring (bicyclic) bond motifs is 1. The van der Waals surface area contributed by atoms with Crippen molar-refractivity contribution >= 4 is 63.5 Å². The molecule has 0 bridgehead atoms. The van der Waals surface area contributed by atoms with E-state index in [1.54, 1.807) is 24.5 Å². The number of pyridine rings is 1. The molecule has 0 saturated carbocycles. The summed E-state index contributed by atoms with van der Waals surface area (Å²) in [5.74, 6) is -1.64. The first-order valence-corrected chi connectivity index (χ1v) is 13.7. The van der Waals surface area contributed by atoms with Crippen LogP contribution in [0.2, 0.25) is 0 Å². The molecule has 4 N–H and O–H groups in total. The lowest BCUT2D eigenvalue weighted by molar-refractivity contribution is -0.150.